The standard InChI is InChI=1S/C13H19N3O4S/c1-8(2)12-14-6-10(11(15-12)13(17)18)16(3)9-4-5-21(19,20)7-9/h6,8-9H,4-5,7H2,1-3H3,(H,17,18). The third-order valence-corrected chi connectivity index (χ3v) is 5.39. The Morgan fingerprint density at radius 2 is 2.14 bits per heavy atom. The summed E-state index contributed by atoms with van der Waals surface area (Å²) in [6.45, 7) is 3.77. The molecule has 0 spiro atoms. The van der Waals surface area contributed by atoms with Crippen LogP contribution in [0, 0.1) is 0 Å². The van der Waals surface area contributed by atoms with Gasteiger partial charge in [0.15, 0.2) is 15.5 Å². The molecule has 2 rings (SSSR count). The van der Waals surface area contributed by atoms with Gasteiger partial charge in [-0.1, -0.05) is 13.8 Å². The van der Waals surface area contributed by atoms with Crippen LogP contribution >= 0.6 is 0 Å². The van der Waals surface area contributed by atoms with Gasteiger partial charge in [0.25, 0.3) is 0 Å². The highest BCUT2D eigenvalue weighted by atomic mass is 32.2. The summed E-state index contributed by atoms with van der Waals surface area (Å²) < 4.78 is 23.1. The van der Waals surface area contributed by atoms with Crippen LogP contribution in [0.4, 0.5) is 5.69 Å². The van der Waals surface area contributed by atoms with Crippen LogP contribution in [0.5, 0.6) is 0 Å². The first-order valence-corrected chi connectivity index (χ1v) is 8.57. The lowest BCUT2D eigenvalue weighted by atomic mass is 10.1. The maximum atomic E-state index is 11.6. The minimum atomic E-state index is -3.03. The quantitative estimate of drug-likeness (QED) is 0.882. The second-order valence-electron chi connectivity index (χ2n) is 5.59. The van der Waals surface area contributed by atoms with Crippen LogP contribution in [0.3, 0.4) is 0 Å². The Kier molecular flexibility index (Phi) is 4.18. The first-order valence-electron chi connectivity index (χ1n) is 6.75. The molecule has 1 N–H and O–H groups in total. The Labute approximate surface area is 123 Å². The number of aromatic carboxylic acids is 1. The van der Waals surface area contributed by atoms with Crippen molar-refractivity contribution in [3.05, 3.63) is 17.7 Å². The molecule has 1 fully saturated rings. The molecule has 116 valence electrons. The average molecular weight is 313 g/mol. The molecular weight excluding hydrogens is 294 g/mol. The third-order valence-electron chi connectivity index (χ3n) is 3.64. The molecule has 0 saturated carbocycles. The monoisotopic (exact) mass is 313 g/mol. The van der Waals surface area contributed by atoms with E-state index in [1.165, 1.54) is 6.20 Å². The maximum Gasteiger partial charge on any atom is 0.356 e. The lowest BCUT2D eigenvalue weighted by molar-refractivity contribution is 0.0690. The number of aromatic nitrogens is 2. The molecule has 0 aliphatic carbocycles. The molecule has 0 aromatic carbocycles. The average Bonchev–Trinajstić information content (AvgIpc) is 2.77. The van der Waals surface area contributed by atoms with E-state index in [0.29, 0.717) is 17.9 Å². The Balaban J connectivity index is 2.37. The number of hydrogen-bond acceptors (Lipinski definition) is 6. The van der Waals surface area contributed by atoms with Crippen molar-refractivity contribution < 1.29 is 18.3 Å². The summed E-state index contributed by atoms with van der Waals surface area (Å²) in [5.41, 5.74) is 0.273. The largest absolute Gasteiger partial charge is 0.476 e. The van der Waals surface area contributed by atoms with Gasteiger partial charge in [0.1, 0.15) is 5.82 Å². The van der Waals surface area contributed by atoms with E-state index in [1.807, 2.05) is 13.8 Å². The Morgan fingerprint density at radius 3 is 2.62 bits per heavy atom. The molecule has 0 bridgehead atoms. The molecule has 1 aromatic rings. The summed E-state index contributed by atoms with van der Waals surface area (Å²) >= 11 is 0. The van der Waals surface area contributed by atoms with Crippen molar-refractivity contribution in [2.24, 2.45) is 0 Å². The molecule has 1 atom stereocenters. The predicted molar refractivity (Wildman–Crippen MR) is 78.5 cm³/mol. The molecule has 1 aliphatic heterocycles. The normalized spacial score (nSPS) is 20.7. The van der Waals surface area contributed by atoms with Crippen LogP contribution in [-0.4, -0.2) is 54.1 Å². The van der Waals surface area contributed by atoms with Gasteiger partial charge in [-0.3, -0.25) is 0 Å². The van der Waals surface area contributed by atoms with Gasteiger partial charge < -0.3 is 10.0 Å². The third kappa shape index (κ3) is 3.31. The Morgan fingerprint density at radius 1 is 1.48 bits per heavy atom. The van der Waals surface area contributed by atoms with Crippen LogP contribution in [-0.2, 0) is 9.84 Å². The van der Waals surface area contributed by atoms with Crippen molar-refractivity contribution >= 4 is 21.5 Å². The van der Waals surface area contributed by atoms with Gasteiger partial charge in [-0.2, -0.15) is 0 Å². The van der Waals surface area contributed by atoms with Crippen LogP contribution in [0.1, 0.15) is 42.5 Å². The summed E-state index contributed by atoms with van der Waals surface area (Å²) in [6.07, 6.45) is 1.96. The molecule has 7 nitrogen and oxygen atoms in total. The summed E-state index contributed by atoms with van der Waals surface area (Å²) in [7, 11) is -1.35. The summed E-state index contributed by atoms with van der Waals surface area (Å²) in [6, 6.07) is -0.235. The topological polar surface area (TPSA) is 100 Å². The van der Waals surface area contributed by atoms with Gasteiger partial charge in [0.2, 0.25) is 0 Å². The Hall–Kier alpha value is -1.70. The van der Waals surface area contributed by atoms with Gasteiger partial charge in [0, 0.05) is 19.0 Å². The van der Waals surface area contributed by atoms with Crippen molar-refractivity contribution in [1.29, 1.82) is 0 Å². The van der Waals surface area contributed by atoms with Gasteiger partial charge in [-0.25, -0.2) is 23.2 Å². The zero-order valence-electron chi connectivity index (χ0n) is 12.3. The van der Waals surface area contributed by atoms with E-state index in [-0.39, 0.29) is 29.2 Å². The number of carboxylic acids is 1. The zero-order valence-corrected chi connectivity index (χ0v) is 13.1. The van der Waals surface area contributed by atoms with Gasteiger partial charge in [-0.05, 0) is 6.42 Å². The fourth-order valence-electron chi connectivity index (χ4n) is 2.36. The second kappa shape index (κ2) is 5.59. The molecule has 0 radical (unpaired) electrons. The number of carbonyl (C=O) groups is 1. The van der Waals surface area contributed by atoms with Crippen LogP contribution in [0.2, 0.25) is 0 Å². The maximum absolute atomic E-state index is 11.6. The van der Waals surface area contributed by atoms with E-state index >= 15 is 0 Å². The molecule has 1 aliphatic rings. The zero-order chi connectivity index (χ0) is 15.8. The minimum Gasteiger partial charge on any atom is -0.476 e. The van der Waals surface area contributed by atoms with Gasteiger partial charge in [0.05, 0.1) is 23.4 Å². The van der Waals surface area contributed by atoms with Crippen molar-refractivity contribution in [2.75, 3.05) is 23.5 Å². The molecule has 1 aromatic heterocycles. The highest BCUT2D eigenvalue weighted by Crippen LogP contribution is 2.25. The van der Waals surface area contributed by atoms with Crippen LogP contribution in [0.15, 0.2) is 6.20 Å². The number of anilines is 1. The fraction of sp³-hybridized carbons (Fsp3) is 0.615. The van der Waals surface area contributed by atoms with Gasteiger partial charge in [-0.15, -0.1) is 0 Å². The minimum absolute atomic E-state index is 0.0225. The second-order valence-corrected chi connectivity index (χ2v) is 7.82. The molecule has 2 heterocycles. The lowest BCUT2D eigenvalue weighted by Gasteiger charge is -2.26. The number of rotatable bonds is 4. The summed E-state index contributed by atoms with van der Waals surface area (Å²) in [5, 5.41) is 9.33. The highest BCUT2D eigenvalue weighted by molar-refractivity contribution is 7.91. The lowest BCUT2D eigenvalue weighted by Crippen LogP contribution is -2.34. The smallest absolute Gasteiger partial charge is 0.356 e. The number of hydrogen-bond donors (Lipinski definition) is 1. The molecule has 21 heavy (non-hydrogen) atoms. The number of carboxylic acid groups (broad SMARTS) is 1. The van der Waals surface area contributed by atoms with Crippen molar-refractivity contribution in [1.82, 2.24) is 9.97 Å². The van der Waals surface area contributed by atoms with Gasteiger partial charge >= 0.3 is 5.97 Å². The van der Waals surface area contributed by atoms with E-state index in [1.54, 1.807) is 11.9 Å². The number of nitrogens with zero attached hydrogens (tertiary/aromatic N) is 3. The molecule has 0 amide bonds. The highest BCUT2D eigenvalue weighted by Gasteiger charge is 2.32. The van der Waals surface area contributed by atoms with Crippen LogP contribution < -0.4 is 4.90 Å². The first-order chi connectivity index (χ1) is 9.71. The summed E-state index contributed by atoms with van der Waals surface area (Å²) in [4.78, 5) is 21.4. The van der Waals surface area contributed by atoms with Crippen LogP contribution in [0.25, 0.3) is 0 Å². The predicted octanol–water partition coefficient (Wildman–Crippen LogP) is 0.921. The fourth-order valence-corrected chi connectivity index (χ4v) is 4.13. The molecule has 8 heteroatoms. The van der Waals surface area contributed by atoms with E-state index in [4.69, 9.17) is 0 Å². The van der Waals surface area contributed by atoms with Crippen molar-refractivity contribution in [3.8, 4) is 0 Å². The van der Waals surface area contributed by atoms with E-state index in [9.17, 15) is 18.3 Å². The SMILES string of the molecule is CC(C)c1ncc(N(C)C2CCS(=O)(=O)C2)c(C(=O)O)n1. The van der Waals surface area contributed by atoms with E-state index in [2.05, 4.69) is 9.97 Å². The van der Waals surface area contributed by atoms with Crippen molar-refractivity contribution in [3.63, 3.8) is 0 Å². The molecule has 1 saturated heterocycles. The Bertz CT molecular complexity index is 657. The molecular formula is C13H19N3O4S. The van der Waals surface area contributed by atoms with Crippen molar-refractivity contribution in [2.45, 2.75) is 32.2 Å². The molecule has 1 unspecified atom stereocenters. The summed E-state index contributed by atoms with van der Waals surface area (Å²) in [5.74, 6) is -0.482. The first kappa shape index (κ1) is 15.7. The van der Waals surface area contributed by atoms with E-state index < -0.39 is 15.8 Å². The van der Waals surface area contributed by atoms with E-state index in [0.717, 1.165) is 0 Å². The number of sulfone groups is 1.